The zero-order chi connectivity index (χ0) is 36.5. The molecule has 1 saturated heterocycles. The summed E-state index contributed by atoms with van der Waals surface area (Å²) in [6.45, 7) is 9.08. The summed E-state index contributed by atoms with van der Waals surface area (Å²) in [5.41, 5.74) is 0.156. The smallest absolute Gasteiger partial charge is 0.408 e. The molecule has 3 N–H and O–H groups in total. The molecule has 13 nitrogen and oxygen atoms in total. The van der Waals surface area contributed by atoms with Crippen LogP contribution in [0.1, 0.15) is 77.7 Å². The van der Waals surface area contributed by atoms with Gasteiger partial charge < -0.3 is 25.0 Å². The van der Waals surface area contributed by atoms with Gasteiger partial charge >= 0.3 is 6.09 Å². The molecule has 4 bridgehead atoms. The largest absolute Gasteiger partial charge is 0.472 e. The number of allylic oxidation sites excluding steroid dienone is 1. The average molecular weight is 722 g/mol. The summed E-state index contributed by atoms with van der Waals surface area (Å²) in [5.74, 6) is -1.60. The Morgan fingerprint density at radius 1 is 1.14 bits per heavy atom. The quantitative estimate of drug-likeness (QED) is 0.358. The topological polar surface area (TPSA) is 173 Å². The molecule has 2 aliphatic heterocycles. The van der Waals surface area contributed by atoms with E-state index in [4.69, 9.17) is 9.47 Å². The highest BCUT2D eigenvalue weighted by Crippen LogP contribution is 2.34. The minimum atomic E-state index is -3.88. The van der Waals surface area contributed by atoms with Gasteiger partial charge in [-0.05, 0) is 79.4 Å². The van der Waals surface area contributed by atoms with Gasteiger partial charge in [0.25, 0.3) is 5.91 Å². The van der Waals surface area contributed by atoms with Crippen molar-refractivity contribution >= 4 is 50.7 Å². The number of carbonyl (C=O) groups excluding carboxylic acids is 4. The van der Waals surface area contributed by atoms with E-state index in [9.17, 15) is 27.6 Å². The molecule has 6 rings (SSSR count). The second-order valence-corrected chi connectivity index (χ2v) is 17.1. The number of pyridine rings is 1. The minimum Gasteiger partial charge on any atom is -0.472 e. The number of alkyl carbamates (subject to hydrolysis) is 1. The van der Waals surface area contributed by atoms with Gasteiger partial charge in [0.15, 0.2) is 0 Å². The summed E-state index contributed by atoms with van der Waals surface area (Å²) in [6.07, 6.45) is 9.66. The van der Waals surface area contributed by atoms with Crippen molar-refractivity contribution in [2.24, 2.45) is 11.3 Å². The predicted octanol–water partition coefficient (Wildman–Crippen LogP) is 3.98. The van der Waals surface area contributed by atoms with E-state index in [1.54, 1.807) is 6.20 Å². The summed E-state index contributed by atoms with van der Waals surface area (Å²) >= 11 is 0. The SMILES string of the molecule is C=CCC(NC(=O)C1CC2CN1C(=O)C(C(C)(C)C)NC(=O)OC1CCCC1CC=Cc1ccc3ccnc(c3c1)O2)C(=O)NS(=O)(=O)C1CC1. The Morgan fingerprint density at radius 2 is 1.92 bits per heavy atom. The number of nitrogens with one attached hydrogen (secondary N) is 3. The number of benzene rings is 1. The maximum atomic E-state index is 14.5. The molecular weight excluding hydrogens is 675 g/mol. The predicted molar refractivity (Wildman–Crippen MR) is 191 cm³/mol. The van der Waals surface area contributed by atoms with Gasteiger partial charge in [-0.3, -0.25) is 19.1 Å². The highest BCUT2D eigenvalue weighted by Gasteiger charge is 2.47. The normalized spacial score (nSPS) is 26.3. The molecule has 2 aromatic rings. The van der Waals surface area contributed by atoms with Crippen LogP contribution in [0.5, 0.6) is 5.88 Å². The van der Waals surface area contributed by atoms with Gasteiger partial charge in [-0.25, -0.2) is 18.2 Å². The maximum Gasteiger partial charge on any atom is 0.408 e. The number of sulfonamides is 1. The molecule has 3 heterocycles. The Kier molecular flexibility index (Phi) is 10.4. The van der Waals surface area contributed by atoms with E-state index >= 15 is 0 Å². The molecule has 4 aliphatic rings. The summed E-state index contributed by atoms with van der Waals surface area (Å²) in [7, 11) is -3.88. The molecule has 1 aromatic carbocycles. The molecule has 6 unspecified atom stereocenters. The first-order valence-corrected chi connectivity index (χ1v) is 19.2. The van der Waals surface area contributed by atoms with Gasteiger partial charge in [-0.15, -0.1) is 6.58 Å². The molecule has 51 heavy (non-hydrogen) atoms. The number of amides is 4. The first kappa shape index (κ1) is 36.3. The molecule has 3 fully saturated rings. The van der Waals surface area contributed by atoms with Gasteiger partial charge in [0.1, 0.15) is 30.3 Å². The third-order valence-corrected chi connectivity index (χ3v) is 11.9. The van der Waals surface area contributed by atoms with Crippen LogP contribution in [0.15, 0.2) is 49.2 Å². The standard InChI is InChI=1S/C37H47N5O8S/c1-5-8-28(32(43)41-51(47,48)26-15-16-26)39-33(44)29-20-25-21-42(29)35(45)31(37(2,3)4)40-36(46)50-30-12-7-11-24(30)10-6-9-22-13-14-23-17-18-38-34(49-25)27(23)19-22/h5-6,9,13-14,17-19,24-26,28-31H,1,7-8,10-12,15-16,20-21H2,2-4H3,(H,39,44)(H,40,46)(H,41,43). The van der Waals surface area contributed by atoms with Crippen molar-refractivity contribution in [1.82, 2.24) is 25.2 Å². The van der Waals surface area contributed by atoms with Crippen LogP contribution in [0, 0.1) is 11.3 Å². The van der Waals surface area contributed by atoms with E-state index in [2.05, 4.69) is 33.0 Å². The highest BCUT2D eigenvalue weighted by molar-refractivity contribution is 7.90. The number of hydrogen-bond acceptors (Lipinski definition) is 9. The first-order chi connectivity index (χ1) is 24.2. The minimum absolute atomic E-state index is 0.0169. The van der Waals surface area contributed by atoms with Crippen LogP contribution in [0.3, 0.4) is 0 Å². The number of aromatic nitrogens is 1. The van der Waals surface area contributed by atoms with Gasteiger partial charge in [-0.2, -0.15) is 0 Å². The van der Waals surface area contributed by atoms with Crippen molar-refractivity contribution in [3.63, 3.8) is 0 Å². The first-order valence-electron chi connectivity index (χ1n) is 17.7. The van der Waals surface area contributed by atoms with Crippen LogP contribution < -0.4 is 20.1 Å². The van der Waals surface area contributed by atoms with Gasteiger partial charge in [0.05, 0.1) is 11.8 Å². The summed E-state index contributed by atoms with van der Waals surface area (Å²) in [4.78, 5) is 61.0. The fourth-order valence-corrected chi connectivity index (χ4v) is 8.49. The maximum absolute atomic E-state index is 14.5. The zero-order valence-corrected chi connectivity index (χ0v) is 30.1. The van der Waals surface area contributed by atoms with E-state index in [1.807, 2.05) is 51.1 Å². The lowest BCUT2D eigenvalue weighted by atomic mass is 9.85. The van der Waals surface area contributed by atoms with E-state index in [-0.39, 0.29) is 31.4 Å². The highest BCUT2D eigenvalue weighted by atomic mass is 32.2. The molecule has 2 saturated carbocycles. The number of rotatable bonds is 7. The van der Waals surface area contributed by atoms with Crippen LogP contribution in [-0.4, -0.2) is 84.2 Å². The molecular formula is C37H47N5O8S. The van der Waals surface area contributed by atoms with Crippen molar-refractivity contribution in [1.29, 1.82) is 0 Å². The summed E-state index contributed by atoms with van der Waals surface area (Å²) < 4.78 is 39.5. The third kappa shape index (κ3) is 8.37. The number of nitrogens with zero attached hydrogens (tertiary/aromatic N) is 2. The lowest BCUT2D eigenvalue weighted by Gasteiger charge is -2.35. The molecule has 0 radical (unpaired) electrons. The van der Waals surface area contributed by atoms with Crippen LogP contribution in [0.25, 0.3) is 16.8 Å². The Bertz CT molecular complexity index is 1840. The van der Waals surface area contributed by atoms with Crippen LogP contribution in [0.2, 0.25) is 0 Å². The fourth-order valence-electron chi connectivity index (χ4n) is 7.14. The lowest BCUT2D eigenvalue weighted by molar-refractivity contribution is -0.142. The summed E-state index contributed by atoms with van der Waals surface area (Å²) in [6, 6.07) is 4.40. The zero-order valence-electron chi connectivity index (χ0n) is 29.3. The lowest BCUT2D eigenvalue weighted by Crippen LogP contribution is -2.59. The van der Waals surface area contributed by atoms with Crippen molar-refractivity contribution < 1.29 is 37.1 Å². The van der Waals surface area contributed by atoms with E-state index in [0.29, 0.717) is 18.7 Å². The van der Waals surface area contributed by atoms with Gasteiger partial charge in [0.2, 0.25) is 27.7 Å². The number of hydrogen-bond donors (Lipinski definition) is 3. The molecule has 274 valence electrons. The Morgan fingerprint density at radius 3 is 2.65 bits per heavy atom. The monoisotopic (exact) mass is 721 g/mol. The Hall–Kier alpha value is -4.46. The molecule has 2 aliphatic carbocycles. The molecule has 4 amide bonds. The molecule has 6 atom stereocenters. The van der Waals surface area contributed by atoms with Crippen LogP contribution in [0.4, 0.5) is 4.79 Å². The number of ether oxygens (including phenoxy) is 2. The van der Waals surface area contributed by atoms with Gasteiger partial charge in [0, 0.05) is 18.0 Å². The Balaban J connectivity index is 1.34. The molecule has 1 aromatic heterocycles. The second-order valence-electron chi connectivity index (χ2n) is 15.1. The van der Waals surface area contributed by atoms with Crippen molar-refractivity contribution in [2.45, 2.75) is 108 Å². The van der Waals surface area contributed by atoms with Gasteiger partial charge in [-0.1, -0.05) is 51.1 Å². The number of carbonyl (C=O) groups is 4. The van der Waals surface area contributed by atoms with Crippen molar-refractivity contribution in [3.8, 4) is 5.88 Å². The summed E-state index contributed by atoms with van der Waals surface area (Å²) in [5, 5.41) is 6.52. The molecule has 14 heteroatoms. The van der Waals surface area contributed by atoms with E-state index in [0.717, 1.165) is 42.0 Å². The van der Waals surface area contributed by atoms with Crippen LogP contribution in [-0.2, 0) is 29.1 Å². The Labute approximate surface area is 298 Å². The van der Waals surface area contributed by atoms with Crippen LogP contribution >= 0.6 is 0 Å². The number of fused-ring (bicyclic) bond motifs is 4. The fraction of sp³-hybridized carbons (Fsp3) is 0.541. The van der Waals surface area contributed by atoms with E-state index < -0.39 is 68.7 Å². The van der Waals surface area contributed by atoms with Crippen molar-refractivity contribution in [2.75, 3.05) is 6.54 Å². The molecule has 0 spiro atoms. The van der Waals surface area contributed by atoms with Crippen molar-refractivity contribution in [3.05, 3.63) is 54.8 Å². The third-order valence-electron chi connectivity index (χ3n) is 10.1. The second kappa shape index (κ2) is 14.6. The average Bonchev–Trinajstić information content (AvgIpc) is 3.73. The van der Waals surface area contributed by atoms with E-state index in [1.165, 1.54) is 11.0 Å².